The van der Waals surface area contributed by atoms with Gasteiger partial charge in [-0.25, -0.2) is 15.0 Å². The maximum Gasteiger partial charge on any atom is 0.165 e. The molecule has 8 nitrogen and oxygen atoms in total. The molecule has 8 heteroatoms. The van der Waals surface area contributed by atoms with Gasteiger partial charge in [-0.3, -0.25) is 4.57 Å². The Labute approximate surface area is 150 Å². The number of aromatic nitrogens is 4. The molecule has 1 saturated heterocycles. The van der Waals surface area contributed by atoms with E-state index in [-0.39, 0.29) is 12.7 Å². The zero-order chi connectivity index (χ0) is 17.9. The Hall–Kier alpha value is -2.39. The molecule has 0 unspecified atom stereocenters. The predicted molar refractivity (Wildman–Crippen MR) is 91.9 cm³/mol. The molecule has 2 aromatic heterocycles. The summed E-state index contributed by atoms with van der Waals surface area (Å²) in [5, 5.41) is 19.5. The smallest absolute Gasteiger partial charge is 0.165 e. The fraction of sp³-hybridized carbons (Fsp3) is 0.389. The number of fused-ring (bicyclic) bond motifs is 1. The molecular formula is C18H20N4O4. The van der Waals surface area contributed by atoms with E-state index in [1.54, 1.807) is 10.9 Å². The van der Waals surface area contributed by atoms with E-state index < -0.39 is 12.3 Å². The SMILES string of the molecule is OC[C@@H]1C[C@@H](O)[C@H](n2cnc3c(COCc4ccccc4)ncnc32)O1. The third kappa shape index (κ3) is 3.32. The predicted octanol–water partition coefficient (Wildman–Crippen LogP) is 1.18. The van der Waals surface area contributed by atoms with Crippen molar-refractivity contribution in [3.05, 3.63) is 54.2 Å². The Bertz CT molecular complexity index is 870. The maximum absolute atomic E-state index is 10.2. The molecule has 0 radical (unpaired) electrons. The lowest BCUT2D eigenvalue weighted by Gasteiger charge is -2.16. The summed E-state index contributed by atoms with van der Waals surface area (Å²) >= 11 is 0. The van der Waals surface area contributed by atoms with Gasteiger partial charge < -0.3 is 19.7 Å². The lowest BCUT2D eigenvalue weighted by atomic mass is 10.2. The summed E-state index contributed by atoms with van der Waals surface area (Å²) in [6.45, 7) is 0.654. The van der Waals surface area contributed by atoms with Crippen LogP contribution in [0.15, 0.2) is 43.0 Å². The van der Waals surface area contributed by atoms with Crippen LogP contribution >= 0.6 is 0 Å². The van der Waals surface area contributed by atoms with E-state index in [9.17, 15) is 10.2 Å². The van der Waals surface area contributed by atoms with Gasteiger partial charge in [0.05, 0.1) is 37.9 Å². The molecule has 0 aliphatic carbocycles. The van der Waals surface area contributed by atoms with Gasteiger partial charge in [-0.15, -0.1) is 0 Å². The molecule has 1 aliphatic rings. The number of rotatable bonds is 6. The first-order chi connectivity index (χ1) is 12.8. The van der Waals surface area contributed by atoms with Crippen molar-refractivity contribution in [2.75, 3.05) is 6.61 Å². The first kappa shape index (κ1) is 17.0. The molecule has 4 rings (SSSR count). The van der Waals surface area contributed by atoms with Gasteiger partial charge in [0.2, 0.25) is 0 Å². The Kier molecular flexibility index (Phi) is 4.89. The monoisotopic (exact) mass is 356 g/mol. The third-order valence-corrected chi connectivity index (χ3v) is 4.43. The van der Waals surface area contributed by atoms with Crippen LogP contribution in [-0.2, 0) is 22.7 Å². The molecule has 1 aromatic carbocycles. The van der Waals surface area contributed by atoms with Crippen LogP contribution in [0, 0.1) is 0 Å². The van der Waals surface area contributed by atoms with Crippen molar-refractivity contribution in [1.82, 2.24) is 19.5 Å². The van der Waals surface area contributed by atoms with Crippen molar-refractivity contribution in [3.63, 3.8) is 0 Å². The van der Waals surface area contributed by atoms with Gasteiger partial charge in [-0.1, -0.05) is 30.3 Å². The highest BCUT2D eigenvalue weighted by atomic mass is 16.5. The van der Waals surface area contributed by atoms with E-state index in [2.05, 4.69) is 15.0 Å². The molecule has 1 fully saturated rings. The maximum atomic E-state index is 10.2. The number of benzene rings is 1. The van der Waals surface area contributed by atoms with Crippen molar-refractivity contribution in [2.45, 2.75) is 38.1 Å². The van der Waals surface area contributed by atoms with Gasteiger partial charge in [0, 0.05) is 6.42 Å². The van der Waals surface area contributed by atoms with Crippen LogP contribution in [0.2, 0.25) is 0 Å². The number of nitrogens with zero attached hydrogens (tertiary/aromatic N) is 4. The zero-order valence-electron chi connectivity index (χ0n) is 14.1. The van der Waals surface area contributed by atoms with Crippen molar-refractivity contribution in [2.24, 2.45) is 0 Å². The van der Waals surface area contributed by atoms with E-state index in [0.29, 0.717) is 36.5 Å². The van der Waals surface area contributed by atoms with E-state index >= 15 is 0 Å². The highest BCUT2D eigenvalue weighted by Gasteiger charge is 2.35. The van der Waals surface area contributed by atoms with Crippen LogP contribution < -0.4 is 0 Å². The molecule has 0 spiro atoms. The van der Waals surface area contributed by atoms with Gasteiger partial charge >= 0.3 is 0 Å². The number of imidazole rings is 1. The van der Waals surface area contributed by atoms with Gasteiger partial charge in [-0.05, 0) is 5.56 Å². The van der Waals surface area contributed by atoms with Gasteiger partial charge in [0.15, 0.2) is 11.9 Å². The lowest BCUT2D eigenvalue weighted by Crippen LogP contribution is -2.19. The summed E-state index contributed by atoms with van der Waals surface area (Å²) in [5.41, 5.74) is 2.95. The van der Waals surface area contributed by atoms with Crippen LogP contribution in [0.1, 0.15) is 23.9 Å². The number of ether oxygens (including phenoxy) is 2. The van der Waals surface area contributed by atoms with Crippen LogP contribution in [0.4, 0.5) is 0 Å². The second-order valence-corrected chi connectivity index (χ2v) is 6.26. The van der Waals surface area contributed by atoms with Crippen molar-refractivity contribution in [3.8, 4) is 0 Å². The van der Waals surface area contributed by atoms with Crippen LogP contribution in [0.5, 0.6) is 0 Å². The highest BCUT2D eigenvalue weighted by molar-refractivity contribution is 5.73. The number of aliphatic hydroxyl groups is 2. The Balaban J connectivity index is 1.52. The fourth-order valence-corrected chi connectivity index (χ4v) is 3.13. The summed E-state index contributed by atoms with van der Waals surface area (Å²) in [5.74, 6) is 0. The second-order valence-electron chi connectivity index (χ2n) is 6.26. The van der Waals surface area contributed by atoms with E-state index in [0.717, 1.165) is 5.56 Å². The molecule has 26 heavy (non-hydrogen) atoms. The number of hydrogen-bond donors (Lipinski definition) is 2. The van der Waals surface area contributed by atoms with Crippen molar-refractivity contribution < 1.29 is 19.7 Å². The number of hydrogen-bond acceptors (Lipinski definition) is 7. The van der Waals surface area contributed by atoms with Gasteiger partial charge in [-0.2, -0.15) is 0 Å². The summed E-state index contributed by atoms with van der Waals surface area (Å²) in [6.07, 6.45) is 1.67. The minimum Gasteiger partial charge on any atom is -0.394 e. The van der Waals surface area contributed by atoms with E-state index in [1.807, 2.05) is 30.3 Å². The summed E-state index contributed by atoms with van der Waals surface area (Å²) < 4.78 is 13.1. The molecule has 136 valence electrons. The van der Waals surface area contributed by atoms with Gasteiger partial charge in [0.25, 0.3) is 0 Å². The standard InChI is InChI=1S/C18H20N4O4/c23-7-13-6-15(24)18(26-13)22-11-21-16-14(19-10-20-17(16)22)9-25-8-12-4-2-1-3-5-12/h1-5,10-11,13,15,18,23-24H,6-9H2/t13-,15+,18+/m0/s1. The van der Waals surface area contributed by atoms with Crippen LogP contribution in [0.25, 0.3) is 11.2 Å². The van der Waals surface area contributed by atoms with E-state index in [1.165, 1.54) is 6.33 Å². The minimum atomic E-state index is -0.725. The molecule has 3 aromatic rings. The first-order valence-corrected chi connectivity index (χ1v) is 8.48. The average molecular weight is 356 g/mol. The Morgan fingerprint density at radius 3 is 2.77 bits per heavy atom. The lowest BCUT2D eigenvalue weighted by molar-refractivity contribution is -0.0486. The molecule has 0 amide bonds. The molecule has 2 N–H and O–H groups in total. The normalized spacial score (nSPS) is 22.9. The van der Waals surface area contributed by atoms with Gasteiger partial charge in [0.1, 0.15) is 17.9 Å². The fourth-order valence-electron chi connectivity index (χ4n) is 3.13. The summed E-state index contributed by atoms with van der Waals surface area (Å²) in [7, 11) is 0. The number of aliphatic hydroxyl groups excluding tert-OH is 2. The van der Waals surface area contributed by atoms with Crippen molar-refractivity contribution >= 4 is 11.2 Å². The zero-order valence-corrected chi connectivity index (χ0v) is 14.1. The van der Waals surface area contributed by atoms with Crippen molar-refractivity contribution in [1.29, 1.82) is 0 Å². The van der Waals surface area contributed by atoms with Crippen LogP contribution in [0.3, 0.4) is 0 Å². The highest BCUT2D eigenvalue weighted by Crippen LogP contribution is 2.31. The third-order valence-electron chi connectivity index (χ3n) is 4.43. The largest absolute Gasteiger partial charge is 0.394 e. The molecule has 1 aliphatic heterocycles. The molecule has 3 atom stereocenters. The Morgan fingerprint density at radius 2 is 2.00 bits per heavy atom. The molecule has 0 saturated carbocycles. The minimum absolute atomic E-state index is 0.131. The molecular weight excluding hydrogens is 336 g/mol. The molecule has 3 heterocycles. The summed E-state index contributed by atoms with van der Waals surface area (Å²) in [6, 6.07) is 9.90. The first-order valence-electron chi connectivity index (χ1n) is 8.48. The second kappa shape index (κ2) is 7.46. The topological polar surface area (TPSA) is 103 Å². The summed E-state index contributed by atoms with van der Waals surface area (Å²) in [4.78, 5) is 12.9. The van der Waals surface area contributed by atoms with E-state index in [4.69, 9.17) is 9.47 Å². The Morgan fingerprint density at radius 1 is 1.15 bits per heavy atom. The average Bonchev–Trinajstić information content (AvgIpc) is 3.26. The quantitative estimate of drug-likeness (QED) is 0.684. The molecule has 0 bridgehead atoms. The van der Waals surface area contributed by atoms with Crippen LogP contribution in [-0.4, -0.2) is 48.5 Å².